The fourth-order valence-electron chi connectivity index (χ4n) is 16.3. The number of hydrogen-bond acceptors (Lipinski definition) is 26. The van der Waals surface area contributed by atoms with E-state index in [4.69, 9.17) is 20.0 Å². The standard InChI is InChI=1S/C91H113N13O27/c1-91-32-31-69-68-28-23-65(105)41-71(68)75(42-70(69)72(91)29-30-76(91)106)100-131-36-9-3-5-14-78(108)99-74(12-10-35-94-80(110)56-130-67-26-21-58(22-27-67)16-18-60-39-63(45-103(51-85(119)120)52-86(121)122)97-64(40-60)46-104(53-87(123)124)54-88(125)126)90(128)95-34-7-2-4-13-77(107)98-73(89(92)127)11-6-8-33-93-79(109)55-129-66-24-19-57(20-25-66)15-17-59-37-61(43-101(47-81(111)112)48-82(113)114)96-62(38-59)44-102(49-83(115)116)50-84(117)118/h19-28,37-41,69-70,72-74,76,105-106H,2-14,29-36,42-56H2,1H3,(H2,92,127)(H,93,109)(H,94,110)(H,95,128)(H,98,107)(H,99,108)(H,111,112)(H,113,114)(H,115,116)(H,117,118)(H,119,120)(H,121,122)(H,123,124)(H,125,126)/t69?,70?,72?,73?,74?,76?,91-/m1/s1. The second-order valence-electron chi connectivity index (χ2n) is 32.8. The summed E-state index contributed by atoms with van der Waals surface area (Å²) < 4.78 is 11.4. The highest BCUT2D eigenvalue weighted by Gasteiger charge is 2.55. The zero-order valence-corrected chi connectivity index (χ0v) is 72.7. The van der Waals surface area contributed by atoms with Crippen molar-refractivity contribution in [3.05, 3.63) is 147 Å². The first-order valence-electron chi connectivity index (χ1n) is 43.0. The molecular weight excluding hydrogens is 1710 g/mol. The number of carboxylic acid groups (broad SMARTS) is 8. The fourth-order valence-corrected chi connectivity index (χ4v) is 16.3. The van der Waals surface area contributed by atoms with Gasteiger partial charge in [-0.2, -0.15) is 0 Å². The number of nitrogens with two attached hydrogens (primary N) is 1. The number of ether oxygens (including phenoxy) is 2. The summed E-state index contributed by atoms with van der Waals surface area (Å²) in [5.74, 6) is 0.0842. The highest BCUT2D eigenvalue weighted by Crippen LogP contribution is 2.61. The molecule has 0 bridgehead atoms. The van der Waals surface area contributed by atoms with Gasteiger partial charge in [0.05, 0.1) is 86.9 Å². The van der Waals surface area contributed by atoms with Crippen LogP contribution in [0.15, 0.2) is 96.2 Å². The number of oxime groups is 1. The number of phenols is 1. The number of benzene rings is 3. The van der Waals surface area contributed by atoms with Gasteiger partial charge in [-0.05, 0) is 210 Å². The van der Waals surface area contributed by atoms with Crippen molar-refractivity contribution in [2.75, 3.05) is 91.8 Å². The number of pyridine rings is 2. The van der Waals surface area contributed by atoms with Crippen LogP contribution in [-0.2, 0) is 98.1 Å². The number of carbonyl (C=O) groups excluding carboxylic acids is 6. The minimum atomic E-state index is -1.30. The minimum Gasteiger partial charge on any atom is -0.508 e. The molecule has 3 aliphatic rings. The topological polar surface area (TPSA) is 606 Å². The molecule has 2 heterocycles. The van der Waals surface area contributed by atoms with E-state index in [-0.39, 0.29) is 143 Å². The maximum absolute atomic E-state index is 13.8. The van der Waals surface area contributed by atoms with E-state index in [9.17, 15) is 118 Å². The summed E-state index contributed by atoms with van der Waals surface area (Å²) in [5, 5.41) is 115. The SMILES string of the molecule is C[C@@]12CCC3c4ccc(O)cc4C(=NOCCCCCC(=O)NC(CCCNC(=O)COc4ccc(C#Cc5cc(CN(CC(=O)O)CC(=O)O)nc(CN(CC(=O)O)CC(=O)O)c5)cc4)C(=O)NCCCCCC(=O)NC(CCCCNC(=O)COc4ccc(C#Cc5cc(CN(CC(=O)O)CC(=O)O)nc(CN(CC(=O)O)CC(=O)O)c5)cc4)C(N)=O)CC3C1CCC2O. The van der Waals surface area contributed by atoms with Gasteiger partial charge in [0.2, 0.25) is 23.6 Å². The van der Waals surface area contributed by atoms with Crippen molar-refractivity contribution < 1.29 is 133 Å². The lowest BCUT2D eigenvalue weighted by Crippen LogP contribution is -2.47. The fraction of sp³-hybridized carbons (Fsp3) is 0.484. The molecule has 17 N–H and O–H groups in total. The molecule has 2 aromatic heterocycles. The van der Waals surface area contributed by atoms with Gasteiger partial charge in [0.25, 0.3) is 11.8 Å². The number of aliphatic hydroxyl groups excluding tert-OH is 1. The van der Waals surface area contributed by atoms with Gasteiger partial charge in [0.1, 0.15) is 35.9 Å². The van der Waals surface area contributed by atoms with E-state index in [0.717, 1.165) is 62.1 Å². The Kier molecular flexibility index (Phi) is 40.9. The van der Waals surface area contributed by atoms with Crippen LogP contribution in [0, 0.1) is 40.9 Å². The number of nitrogens with zero attached hydrogens (tertiary/aromatic N) is 7. The minimum absolute atomic E-state index is 0.0370. The molecule has 8 rings (SSSR count). The van der Waals surface area contributed by atoms with Gasteiger partial charge in [-0.3, -0.25) is 96.7 Å². The van der Waals surface area contributed by atoms with Crippen LogP contribution in [0.5, 0.6) is 17.2 Å². The number of aliphatic hydroxyl groups is 1. The van der Waals surface area contributed by atoms with Crippen LogP contribution in [0.1, 0.15) is 185 Å². The number of hydrogen-bond donors (Lipinski definition) is 16. The molecule has 704 valence electrons. The average molecular weight is 1820 g/mol. The molecule has 2 saturated carbocycles. The molecule has 6 amide bonds. The predicted molar refractivity (Wildman–Crippen MR) is 466 cm³/mol. The zero-order chi connectivity index (χ0) is 95.1. The van der Waals surface area contributed by atoms with Crippen molar-refractivity contribution in [2.45, 2.75) is 173 Å². The summed E-state index contributed by atoms with van der Waals surface area (Å²) in [7, 11) is 0. The molecule has 3 aromatic carbocycles. The van der Waals surface area contributed by atoms with Gasteiger partial charge < -0.3 is 97.7 Å². The van der Waals surface area contributed by atoms with Crippen molar-refractivity contribution >= 4 is 88.9 Å². The molecule has 2 fully saturated rings. The molecule has 0 spiro atoms. The Balaban J connectivity index is 0.778. The van der Waals surface area contributed by atoms with Gasteiger partial charge in [0, 0.05) is 86.5 Å². The van der Waals surface area contributed by atoms with Crippen molar-refractivity contribution in [2.24, 2.45) is 28.1 Å². The van der Waals surface area contributed by atoms with Crippen LogP contribution in [0.3, 0.4) is 0 Å². The number of phenolic OH excluding ortho intramolecular Hbond substituents is 1. The summed E-state index contributed by atoms with van der Waals surface area (Å²) in [5.41, 5.74) is 10.6. The highest BCUT2D eigenvalue weighted by molar-refractivity contribution is 6.03. The number of primary amides is 1. The van der Waals surface area contributed by atoms with E-state index in [1.165, 1.54) is 24.3 Å². The molecule has 0 aliphatic heterocycles. The third kappa shape index (κ3) is 36.4. The summed E-state index contributed by atoms with van der Waals surface area (Å²) in [6, 6.07) is 22.0. The van der Waals surface area contributed by atoms with Crippen LogP contribution in [0.25, 0.3) is 0 Å². The number of rotatable bonds is 56. The van der Waals surface area contributed by atoms with E-state index < -0.39 is 148 Å². The van der Waals surface area contributed by atoms with E-state index >= 15 is 0 Å². The maximum atomic E-state index is 13.8. The molecule has 5 aromatic rings. The van der Waals surface area contributed by atoms with Gasteiger partial charge in [-0.15, -0.1) is 0 Å². The van der Waals surface area contributed by atoms with E-state index in [0.29, 0.717) is 103 Å². The van der Waals surface area contributed by atoms with Crippen LogP contribution in [-0.4, -0.2) is 280 Å². The Morgan fingerprint density at radius 1 is 0.473 bits per heavy atom. The summed E-state index contributed by atoms with van der Waals surface area (Å²) in [6.45, 7) is -4.02. The lowest BCUT2D eigenvalue weighted by atomic mass is 9.55. The predicted octanol–water partition coefficient (Wildman–Crippen LogP) is 3.29. The zero-order valence-electron chi connectivity index (χ0n) is 72.7. The molecule has 40 nitrogen and oxygen atoms in total. The second-order valence-corrected chi connectivity index (χ2v) is 32.8. The number of carboxylic acids is 8. The van der Waals surface area contributed by atoms with Crippen molar-refractivity contribution in [1.29, 1.82) is 0 Å². The Hall–Kier alpha value is -13.7. The van der Waals surface area contributed by atoms with E-state index in [2.05, 4.69) is 72.3 Å². The van der Waals surface area contributed by atoms with Gasteiger partial charge in [0.15, 0.2) is 13.2 Å². The van der Waals surface area contributed by atoms with Crippen LogP contribution in [0.4, 0.5) is 0 Å². The number of fused-ring (bicyclic) bond motifs is 5. The normalized spacial score (nSPS) is 16.6. The number of aromatic hydroxyl groups is 1. The number of amides is 6. The first-order chi connectivity index (χ1) is 62.5. The summed E-state index contributed by atoms with van der Waals surface area (Å²) in [4.78, 5) is 190. The van der Waals surface area contributed by atoms with Crippen LogP contribution >= 0.6 is 0 Å². The van der Waals surface area contributed by atoms with Crippen molar-refractivity contribution in [1.82, 2.24) is 56.2 Å². The molecule has 40 heteroatoms. The third-order valence-electron chi connectivity index (χ3n) is 22.2. The molecule has 7 atom stereocenters. The highest BCUT2D eigenvalue weighted by atomic mass is 16.6. The Bertz CT molecular complexity index is 4850. The first-order valence-corrected chi connectivity index (χ1v) is 43.0. The summed E-state index contributed by atoms with van der Waals surface area (Å²) >= 11 is 0. The Morgan fingerprint density at radius 2 is 0.878 bits per heavy atom. The molecule has 0 saturated heterocycles. The van der Waals surface area contributed by atoms with Crippen LogP contribution < -0.4 is 41.8 Å². The molecular formula is C91H113N13O27. The molecule has 0 radical (unpaired) electrons. The maximum Gasteiger partial charge on any atom is 0.317 e. The average Bonchev–Trinajstić information content (AvgIpc) is 1.65. The van der Waals surface area contributed by atoms with Gasteiger partial charge >= 0.3 is 47.8 Å². The van der Waals surface area contributed by atoms with E-state index in [1.807, 2.05) is 6.07 Å². The number of aliphatic carboxylic acids is 8. The first kappa shape index (κ1) is 103. The number of nitrogens with one attached hydrogen (secondary N) is 5. The number of unbranched alkanes of at least 4 members (excludes halogenated alkanes) is 5. The van der Waals surface area contributed by atoms with Crippen molar-refractivity contribution in [3.8, 4) is 40.9 Å². The van der Waals surface area contributed by atoms with Crippen molar-refractivity contribution in [3.63, 3.8) is 0 Å². The number of aromatic nitrogens is 2. The van der Waals surface area contributed by atoms with Gasteiger partial charge in [-0.25, -0.2) is 0 Å². The van der Waals surface area contributed by atoms with Gasteiger partial charge in [-0.1, -0.05) is 48.2 Å². The Morgan fingerprint density at radius 3 is 1.32 bits per heavy atom. The third-order valence-corrected chi connectivity index (χ3v) is 22.2. The van der Waals surface area contributed by atoms with E-state index in [1.54, 1.807) is 60.7 Å². The smallest absolute Gasteiger partial charge is 0.317 e. The molecule has 3 aliphatic carbocycles. The largest absolute Gasteiger partial charge is 0.508 e. The number of carbonyl (C=O) groups is 14. The lowest BCUT2D eigenvalue weighted by Gasteiger charge is -2.50. The Labute approximate surface area is 755 Å². The lowest BCUT2D eigenvalue weighted by molar-refractivity contribution is -0.144. The quantitative estimate of drug-likeness (QED) is 0.0151. The molecule has 6 unspecified atom stereocenters. The summed E-state index contributed by atoms with van der Waals surface area (Å²) in [6.07, 6.45) is 8.32. The monoisotopic (exact) mass is 1820 g/mol. The van der Waals surface area contributed by atoms with Crippen LogP contribution in [0.2, 0.25) is 0 Å². The second kappa shape index (κ2) is 52.1. The molecule has 131 heavy (non-hydrogen) atoms.